The Hall–Kier alpha value is -0.980. The third kappa shape index (κ3) is 2.47. The second-order valence-corrected chi connectivity index (χ2v) is 7.71. The minimum atomic E-state index is 0.457. The summed E-state index contributed by atoms with van der Waals surface area (Å²) in [6, 6.07) is 2.73. The lowest BCUT2D eigenvalue weighted by atomic mass is 10.0. The number of hydrogen-bond donors (Lipinski definition) is 0. The molecule has 0 spiro atoms. The summed E-state index contributed by atoms with van der Waals surface area (Å²) >= 11 is 7.57. The van der Waals surface area contributed by atoms with E-state index in [4.69, 9.17) is 17.3 Å². The van der Waals surface area contributed by atoms with E-state index in [9.17, 15) is 0 Å². The molecule has 0 aliphatic carbocycles. The Morgan fingerprint density at radius 3 is 3.09 bits per heavy atom. The Kier molecular flexibility index (Phi) is 3.92. The molecule has 0 radical (unpaired) electrons. The zero-order valence-electron chi connectivity index (χ0n) is 13.0. The van der Waals surface area contributed by atoms with E-state index in [-0.39, 0.29) is 0 Å². The molecule has 4 heterocycles. The second kappa shape index (κ2) is 5.91. The highest BCUT2D eigenvalue weighted by atomic mass is 32.1. The van der Waals surface area contributed by atoms with Crippen molar-refractivity contribution in [3.05, 3.63) is 32.5 Å². The van der Waals surface area contributed by atoms with Gasteiger partial charge < -0.3 is 4.57 Å². The molecule has 0 fully saturated rings. The maximum Gasteiger partial charge on any atom is 0.199 e. The predicted octanol–water partition coefficient (Wildman–Crippen LogP) is 3.78. The van der Waals surface area contributed by atoms with Crippen molar-refractivity contribution in [1.82, 2.24) is 19.2 Å². The summed E-state index contributed by atoms with van der Waals surface area (Å²) in [5.74, 6) is 1.18. The molecule has 4 rings (SSSR count). The third-order valence-corrected chi connectivity index (χ3v) is 6.43. The van der Waals surface area contributed by atoms with E-state index in [1.807, 2.05) is 16.0 Å². The lowest BCUT2D eigenvalue weighted by molar-refractivity contribution is 0.143. The first-order chi connectivity index (χ1) is 10.7. The smallest absolute Gasteiger partial charge is 0.199 e. The molecular formula is C16H22N4S2. The standard InChI is InChI=1S/C16H22N4S2/c1-12-13-7-10-22-14(13)6-9-18(12)11-20-16(21)19-8-4-2-3-5-15(19)17-20/h7,10,12H,2-6,8-9,11H2,1H3/t12-/m1/s1. The fraction of sp³-hybridized carbons (Fsp3) is 0.625. The quantitative estimate of drug-likeness (QED) is 0.782. The van der Waals surface area contributed by atoms with Crippen molar-refractivity contribution in [2.75, 3.05) is 6.54 Å². The van der Waals surface area contributed by atoms with E-state index in [2.05, 4.69) is 27.8 Å². The van der Waals surface area contributed by atoms with Gasteiger partial charge >= 0.3 is 0 Å². The number of aromatic nitrogens is 3. The number of nitrogens with zero attached hydrogens (tertiary/aromatic N) is 4. The van der Waals surface area contributed by atoms with Crippen molar-refractivity contribution in [2.24, 2.45) is 0 Å². The summed E-state index contributed by atoms with van der Waals surface area (Å²) < 4.78 is 5.21. The van der Waals surface area contributed by atoms with Gasteiger partial charge in [-0.15, -0.1) is 11.3 Å². The van der Waals surface area contributed by atoms with Crippen molar-refractivity contribution in [1.29, 1.82) is 0 Å². The van der Waals surface area contributed by atoms with Crippen LogP contribution in [0.3, 0.4) is 0 Å². The molecule has 0 N–H and O–H groups in total. The van der Waals surface area contributed by atoms with E-state index in [1.165, 1.54) is 30.7 Å². The van der Waals surface area contributed by atoms with E-state index in [0.717, 1.165) is 37.4 Å². The molecule has 0 amide bonds. The van der Waals surface area contributed by atoms with Crippen molar-refractivity contribution < 1.29 is 0 Å². The van der Waals surface area contributed by atoms with Crippen LogP contribution in [0.25, 0.3) is 0 Å². The van der Waals surface area contributed by atoms with E-state index in [0.29, 0.717) is 6.04 Å². The van der Waals surface area contributed by atoms with Crippen molar-refractivity contribution in [3.8, 4) is 0 Å². The first kappa shape index (κ1) is 14.6. The fourth-order valence-corrected chi connectivity index (χ4v) is 4.90. The number of aryl methyl sites for hydroxylation is 1. The molecule has 0 saturated carbocycles. The maximum absolute atomic E-state index is 5.68. The Morgan fingerprint density at radius 2 is 2.18 bits per heavy atom. The summed E-state index contributed by atoms with van der Waals surface area (Å²) in [4.78, 5) is 4.05. The third-order valence-electron chi connectivity index (χ3n) is 5.00. The van der Waals surface area contributed by atoms with Gasteiger partial charge in [-0.1, -0.05) is 6.42 Å². The molecule has 0 saturated heterocycles. The van der Waals surface area contributed by atoms with Crippen LogP contribution in [0.1, 0.15) is 48.5 Å². The van der Waals surface area contributed by atoms with Crippen LogP contribution in [-0.4, -0.2) is 25.8 Å². The fourth-order valence-electron chi connectivity index (χ4n) is 3.64. The Labute approximate surface area is 140 Å². The van der Waals surface area contributed by atoms with Crippen LogP contribution in [-0.2, 0) is 26.1 Å². The van der Waals surface area contributed by atoms with Crippen LogP contribution >= 0.6 is 23.6 Å². The van der Waals surface area contributed by atoms with Gasteiger partial charge in [-0.2, -0.15) is 5.10 Å². The molecule has 22 heavy (non-hydrogen) atoms. The Bertz CT molecular complexity index is 727. The normalized spacial score (nSPS) is 22.1. The second-order valence-electron chi connectivity index (χ2n) is 6.34. The number of thiophene rings is 1. The molecule has 4 nitrogen and oxygen atoms in total. The molecule has 6 heteroatoms. The Morgan fingerprint density at radius 1 is 1.27 bits per heavy atom. The average Bonchev–Trinajstić information content (AvgIpc) is 3.02. The largest absolute Gasteiger partial charge is 0.304 e. The minimum Gasteiger partial charge on any atom is -0.304 e. The summed E-state index contributed by atoms with van der Waals surface area (Å²) in [5.41, 5.74) is 1.49. The number of rotatable bonds is 2. The lowest BCUT2D eigenvalue weighted by Crippen LogP contribution is -2.35. The number of fused-ring (bicyclic) bond motifs is 2. The van der Waals surface area contributed by atoms with Gasteiger partial charge in [0.15, 0.2) is 4.77 Å². The minimum absolute atomic E-state index is 0.457. The van der Waals surface area contributed by atoms with Crippen LogP contribution in [0.15, 0.2) is 11.4 Å². The highest BCUT2D eigenvalue weighted by Gasteiger charge is 2.25. The van der Waals surface area contributed by atoms with Gasteiger partial charge in [-0.3, -0.25) is 4.90 Å². The summed E-state index contributed by atoms with van der Waals surface area (Å²) in [6.07, 6.45) is 5.98. The highest BCUT2D eigenvalue weighted by Crippen LogP contribution is 2.33. The summed E-state index contributed by atoms with van der Waals surface area (Å²) in [6.45, 7) is 5.25. The van der Waals surface area contributed by atoms with Crippen LogP contribution in [0, 0.1) is 4.77 Å². The van der Waals surface area contributed by atoms with Crippen LogP contribution in [0.5, 0.6) is 0 Å². The lowest BCUT2D eigenvalue weighted by Gasteiger charge is -2.33. The molecule has 2 aromatic rings. The van der Waals surface area contributed by atoms with Crippen molar-refractivity contribution in [3.63, 3.8) is 0 Å². The molecule has 0 bridgehead atoms. The first-order valence-electron chi connectivity index (χ1n) is 8.21. The zero-order valence-corrected chi connectivity index (χ0v) is 14.6. The van der Waals surface area contributed by atoms with Crippen LogP contribution in [0.4, 0.5) is 0 Å². The average molecular weight is 335 g/mol. The van der Waals surface area contributed by atoms with Gasteiger partial charge in [0.2, 0.25) is 0 Å². The van der Waals surface area contributed by atoms with Gasteiger partial charge in [0.25, 0.3) is 0 Å². The molecule has 2 aliphatic rings. The van der Waals surface area contributed by atoms with E-state index < -0.39 is 0 Å². The monoisotopic (exact) mass is 334 g/mol. The van der Waals surface area contributed by atoms with E-state index in [1.54, 1.807) is 4.88 Å². The van der Waals surface area contributed by atoms with Gasteiger partial charge in [-0.25, -0.2) is 4.68 Å². The van der Waals surface area contributed by atoms with Gasteiger partial charge in [-0.05, 0) is 55.4 Å². The molecule has 2 aromatic heterocycles. The van der Waals surface area contributed by atoms with Crippen LogP contribution in [0.2, 0.25) is 0 Å². The van der Waals surface area contributed by atoms with Crippen molar-refractivity contribution in [2.45, 2.75) is 58.3 Å². The Balaban J connectivity index is 1.59. The predicted molar refractivity (Wildman–Crippen MR) is 91.8 cm³/mol. The number of hydrogen-bond acceptors (Lipinski definition) is 4. The SMILES string of the molecule is C[C@@H]1c2ccsc2CCN1Cn1nc2n(c1=S)CCCCC2. The summed E-state index contributed by atoms with van der Waals surface area (Å²) in [7, 11) is 0. The highest BCUT2D eigenvalue weighted by molar-refractivity contribution is 7.71. The van der Waals surface area contributed by atoms with Gasteiger partial charge in [0.05, 0.1) is 6.67 Å². The molecule has 1 atom stereocenters. The molecular weight excluding hydrogens is 312 g/mol. The molecule has 0 unspecified atom stereocenters. The topological polar surface area (TPSA) is 26.0 Å². The van der Waals surface area contributed by atoms with Gasteiger partial charge in [0, 0.05) is 30.4 Å². The molecule has 118 valence electrons. The van der Waals surface area contributed by atoms with E-state index >= 15 is 0 Å². The van der Waals surface area contributed by atoms with Crippen LogP contribution < -0.4 is 0 Å². The maximum atomic E-state index is 5.68. The van der Waals surface area contributed by atoms with Gasteiger partial charge in [0.1, 0.15) is 5.82 Å². The first-order valence-corrected chi connectivity index (χ1v) is 9.49. The summed E-state index contributed by atoms with van der Waals surface area (Å²) in [5, 5.41) is 7.04. The molecule has 2 aliphatic heterocycles. The van der Waals surface area contributed by atoms with Crippen molar-refractivity contribution >= 4 is 23.6 Å². The molecule has 0 aromatic carbocycles. The zero-order chi connectivity index (χ0) is 15.1.